The highest BCUT2D eigenvalue weighted by molar-refractivity contribution is 7.98. The summed E-state index contributed by atoms with van der Waals surface area (Å²) in [5.41, 5.74) is -0.0955. The number of thioether (sulfide) groups is 1. The highest BCUT2D eigenvalue weighted by Crippen LogP contribution is 2.25. The van der Waals surface area contributed by atoms with Crippen LogP contribution in [-0.2, 0) is 5.41 Å². The molecule has 5 heteroatoms. The summed E-state index contributed by atoms with van der Waals surface area (Å²) >= 11 is 8.00. The lowest BCUT2D eigenvalue weighted by atomic mass is 9.96. The molecule has 1 atom stereocenters. The van der Waals surface area contributed by atoms with Crippen molar-refractivity contribution in [3.63, 3.8) is 0 Å². The summed E-state index contributed by atoms with van der Waals surface area (Å²) in [5, 5.41) is 0.515. The smallest absolute Gasteiger partial charge is 0.137 e. The van der Waals surface area contributed by atoms with Gasteiger partial charge in [0, 0.05) is 30.3 Å². The van der Waals surface area contributed by atoms with E-state index in [9.17, 15) is 0 Å². The molecule has 0 amide bonds. The molecule has 1 aromatic rings. The number of aromatic nitrogens is 2. The molecule has 0 aliphatic carbocycles. The van der Waals surface area contributed by atoms with Gasteiger partial charge in [-0.1, -0.05) is 39.3 Å². The maximum atomic E-state index is 6.14. The summed E-state index contributed by atoms with van der Waals surface area (Å²) in [7, 11) is 2.08. The van der Waals surface area contributed by atoms with Gasteiger partial charge in [0.25, 0.3) is 0 Å². The molecule has 108 valence electrons. The van der Waals surface area contributed by atoms with E-state index in [1.54, 1.807) is 0 Å². The molecule has 0 N–H and O–H groups in total. The summed E-state index contributed by atoms with van der Waals surface area (Å²) in [6, 6.07) is 2.31. The Hall–Kier alpha value is -0.480. The molecular weight excluding hydrogens is 278 g/mol. The lowest BCUT2D eigenvalue weighted by Crippen LogP contribution is -2.34. The number of rotatable bonds is 5. The molecular formula is C14H24ClN3S. The van der Waals surface area contributed by atoms with Crippen LogP contribution in [0.25, 0.3) is 0 Å². The standard InChI is InChI=1S/C14H24ClN3S/c1-7-10(9-19-6)18(5)12-8-11(15)16-13(17-12)14(2,3)4/h8,10H,7,9H2,1-6H3. The molecule has 0 aliphatic rings. The first-order valence-corrected chi connectivity index (χ1v) is 8.33. The van der Waals surface area contributed by atoms with Gasteiger partial charge in [-0.3, -0.25) is 0 Å². The number of hydrogen-bond donors (Lipinski definition) is 0. The van der Waals surface area contributed by atoms with Crippen molar-refractivity contribution >= 4 is 29.2 Å². The van der Waals surface area contributed by atoms with E-state index in [0.29, 0.717) is 11.2 Å². The fraction of sp³-hybridized carbons (Fsp3) is 0.714. The van der Waals surface area contributed by atoms with Crippen LogP contribution in [0.5, 0.6) is 0 Å². The number of hydrogen-bond acceptors (Lipinski definition) is 4. The van der Waals surface area contributed by atoms with E-state index in [4.69, 9.17) is 11.6 Å². The van der Waals surface area contributed by atoms with E-state index in [1.165, 1.54) is 0 Å². The van der Waals surface area contributed by atoms with Crippen molar-refractivity contribution < 1.29 is 0 Å². The van der Waals surface area contributed by atoms with Crippen molar-refractivity contribution in [3.05, 3.63) is 17.0 Å². The van der Waals surface area contributed by atoms with Crippen molar-refractivity contribution in [1.29, 1.82) is 0 Å². The predicted octanol–water partition coefficient (Wildman–Crippen LogP) is 4.01. The van der Waals surface area contributed by atoms with Gasteiger partial charge in [0.1, 0.15) is 16.8 Å². The monoisotopic (exact) mass is 301 g/mol. The lowest BCUT2D eigenvalue weighted by molar-refractivity contribution is 0.542. The molecule has 1 aromatic heterocycles. The third-order valence-electron chi connectivity index (χ3n) is 3.09. The van der Waals surface area contributed by atoms with Crippen molar-refractivity contribution in [3.8, 4) is 0 Å². The molecule has 0 aromatic carbocycles. The summed E-state index contributed by atoms with van der Waals surface area (Å²) in [6.45, 7) is 8.50. The average Bonchev–Trinajstić information content (AvgIpc) is 2.33. The first-order valence-electron chi connectivity index (χ1n) is 6.56. The van der Waals surface area contributed by atoms with Crippen molar-refractivity contribution in [2.75, 3.05) is 24.0 Å². The van der Waals surface area contributed by atoms with E-state index < -0.39 is 0 Å². The normalized spacial score (nSPS) is 13.4. The molecule has 0 aliphatic heterocycles. The molecule has 0 saturated carbocycles. The van der Waals surface area contributed by atoms with Crippen LogP contribution < -0.4 is 4.90 Å². The Morgan fingerprint density at radius 3 is 2.47 bits per heavy atom. The Morgan fingerprint density at radius 1 is 1.37 bits per heavy atom. The Morgan fingerprint density at radius 2 is 2.00 bits per heavy atom. The minimum atomic E-state index is -0.0955. The topological polar surface area (TPSA) is 29.0 Å². The minimum Gasteiger partial charge on any atom is -0.356 e. The van der Waals surface area contributed by atoms with Gasteiger partial charge in [-0.2, -0.15) is 11.8 Å². The van der Waals surface area contributed by atoms with Gasteiger partial charge < -0.3 is 4.90 Å². The molecule has 0 spiro atoms. The molecule has 1 unspecified atom stereocenters. The third kappa shape index (κ3) is 4.53. The largest absolute Gasteiger partial charge is 0.356 e. The fourth-order valence-corrected chi connectivity index (χ4v) is 2.83. The van der Waals surface area contributed by atoms with Crippen LogP contribution in [0, 0.1) is 0 Å². The second-order valence-electron chi connectivity index (χ2n) is 5.75. The van der Waals surface area contributed by atoms with Gasteiger partial charge in [0.05, 0.1) is 0 Å². The van der Waals surface area contributed by atoms with Gasteiger partial charge in [0.15, 0.2) is 0 Å². The SMILES string of the molecule is CCC(CSC)N(C)c1cc(Cl)nc(C(C)(C)C)n1. The van der Waals surface area contributed by atoms with Crippen LogP contribution in [0.3, 0.4) is 0 Å². The highest BCUT2D eigenvalue weighted by Gasteiger charge is 2.21. The van der Waals surface area contributed by atoms with Gasteiger partial charge >= 0.3 is 0 Å². The fourth-order valence-electron chi connectivity index (χ4n) is 1.80. The maximum Gasteiger partial charge on any atom is 0.137 e. The number of nitrogens with zero attached hydrogens (tertiary/aromatic N) is 3. The average molecular weight is 302 g/mol. The van der Waals surface area contributed by atoms with Crippen LogP contribution in [0.4, 0.5) is 5.82 Å². The van der Waals surface area contributed by atoms with E-state index in [-0.39, 0.29) is 5.41 Å². The van der Waals surface area contributed by atoms with Crippen LogP contribution >= 0.6 is 23.4 Å². The zero-order valence-corrected chi connectivity index (χ0v) is 14.3. The summed E-state index contributed by atoms with van der Waals surface area (Å²) < 4.78 is 0. The van der Waals surface area contributed by atoms with Gasteiger partial charge in [-0.15, -0.1) is 0 Å². The van der Waals surface area contributed by atoms with Gasteiger partial charge in [0.2, 0.25) is 0 Å². The van der Waals surface area contributed by atoms with Crippen LogP contribution in [0.1, 0.15) is 39.9 Å². The molecule has 19 heavy (non-hydrogen) atoms. The first kappa shape index (κ1) is 16.6. The highest BCUT2D eigenvalue weighted by atomic mass is 35.5. The lowest BCUT2D eigenvalue weighted by Gasteiger charge is -2.29. The van der Waals surface area contributed by atoms with Crippen molar-refractivity contribution in [2.24, 2.45) is 0 Å². The Bertz CT molecular complexity index is 418. The molecule has 1 heterocycles. The van der Waals surface area contributed by atoms with Gasteiger partial charge in [-0.25, -0.2) is 9.97 Å². The van der Waals surface area contributed by atoms with E-state index in [2.05, 4.69) is 55.9 Å². The second-order valence-corrected chi connectivity index (χ2v) is 7.05. The van der Waals surface area contributed by atoms with E-state index in [1.807, 2.05) is 17.8 Å². The number of halogens is 1. The van der Waals surface area contributed by atoms with E-state index in [0.717, 1.165) is 23.8 Å². The van der Waals surface area contributed by atoms with Crippen LogP contribution in [-0.4, -0.2) is 35.1 Å². The maximum absolute atomic E-state index is 6.14. The quantitative estimate of drug-likeness (QED) is 0.769. The van der Waals surface area contributed by atoms with Crippen molar-refractivity contribution in [1.82, 2.24) is 9.97 Å². The van der Waals surface area contributed by atoms with E-state index >= 15 is 0 Å². The molecule has 3 nitrogen and oxygen atoms in total. The molecule has 0 radical (unpaired) electrons. The zero-order valence-electron chi connectivity index (χ0n) is 12.7. The second kappa shape index (κ2) is 6.80. The van der Waals surface area contributed by atoms with Crippen LogP contribution in [0.15, 0.2) is 6.07 Å². The summed E-state index contributed by atoms with van der Waals surface area (Å²) in [6.07, 6.45) is 3.22. The molecule has 0 fully saturated rings. The van der Waals surface area contributed by atoms with Crippen molar-refractivity contribution in [2.45, 2.75) is 45.6 Å². The molecule has 1 rings (SSSR count). The molecule has 0 bridgehead atoms. The number of anilines is 1. The molecule has 0 saturated heterocycles. The summed E-state index contributed by atoms with van der Waals surface area (Å²) in [4.78, 5) is 11.2. The Balaban J connectivity index is 3.09. The Labute approximate surface area is 126 Å². The van der Waals surface area contributed by atoms with Crippen LogP contribution in [0.2, 0.25) is 5.15 Å². The minimum absolute atomic E-state index is 0.0955. The van der Waals surface area contributed by atoms with Gasteiger partial charge in [-0.05, 0) is 12.7 Å². The third-order valence-corrected chi connectivity index (χ3v) is 4.00. The predicted molar refractivity (Wildman–Crippen MR) is 86.6 cm³/mol. The summed E-state index contributed by atoms with van der Waals surface area (Å²) in [5.74, 6) is 2.78. The zero-order chi connectivity index (χ0) is 14.6. The first-order chi connectivity index (χ1) is 8.79. The Kier molecular flexibility index (Phi) is 5.93.